The molecule has 0 amide bonds. The highest BCUT2D eigenvalue weighted by molar-refractivity contribution is 7.92. The molecule has 0 spiro atoms. The number of isocyanates is 1. The molecule has 0 aliphatic heterocycles. The van der Waals surface area contributed by atoms with Gasteiger partial charge in [0.15, 0.2) is 0 Å². The second-order valence-corrected chi connectivity index (χ2v) is 7.77. The number of fused-ring (bicyclic) bond motifs is 1. The lowest BCUT2D eigenvalue weighted by atomic mass is 10.2. The van der Waals surface area contributed by atoms with Gasteiger partial charge in [0.2, 0.25) is 20.3 Å². The average molecular weight is 330 g/mol. The Morgan fingerprint density at radius 2 is 1.91 bits per heavy atom. The number of nitrogens with zero attached hydrogens (tertiary/aromatic N) is 2. The van der Waals surface area contributed by atoms with Crippen LogP contribution < -0.4 is 0 Å². The van der Waals surface area contributed by atoms with E-state index in [0.29, 0.717) is 21.5 Å². The Morgan fingerprint density at radius 1 is 1.14 bits per heavy atom. The van der Waals surface area contributed by atoms with Crippen molar-refractivity contribution in [3.05, 3.63) is 54.1 Å². The summed E-state index contributed by atoms with van der Waals surface area (Å²) in [6.07, 6.45) is 1.46. The summed E-state index contributed by atoms with van der Waals surface area (Å²) < 4.78 is 25.6. The third kappa shape index (κ3) is 2.96. The van der Waals surface area contributed by atoms with E-state index in [1.54, 1.807) is 42.5 Å². The first-order chi connectivity index (χ1) is 10.6. The van der Waals surface area contributed by atoms with E-state index < -0.39 is 9.84 Å². The summed E-state index contributed by atoms with van der Waals surface area (Å²) in [7, 11) is -3.50. The number of aliphatic imine (C=N–C) groups is 1. The van der Waals surface area contributed by atoms with Gasteiger partial charge in [-0.25, -0.2) is 18.2 Å². The first-order valence-corrected chi connectivity index (χ1v) is 8.80. The van der Waals surface area contributed by atoms with E-state index in [0.717, 1.165) is 11.3 Å². The second kappa shape index (κ2) is 5.81. The van der Waals surface area contributed by atoms with Crippen molar-refractivity contribution >= 4 is 43.2 Å². The van der Waals surface area contributed by atoms with Crippen LogP contribution in [0.5, 0.6) is 0 Å². The molecular weight excluding hydrogens is 320 g/mol. The normalized spacial score (nSPS) is 11.3. The summed E-state index contributed by atoms with van der Waals surface area (Å²) in [6.45, 7) is 0. The van der Waals surface area contributed by atoms with E-state index in [2.05, 4.69) is 9.98 Å². The molecule has 3 rings (SSSR count). The Balaban J connectivity index is 2.00. The Kier molecular flexibility index (Phi) is 3.85. The summed E-state index contributed by atoms with van der Waals surface area (Å²) >= 11 is 1.07. The van der Waals surface area contributed by atoms with Crippen molar-refractivity contribution in [2.24, 2.45) is 4.99 Å². The molecule has 2 aromatic carbocycles. The van der Waals surface area contributed by atoms with E-state index in [9.17, 15) is 13.2 Å². The van der Waals surface area contributed by atoms with Crippen molar-refractivity contribution in [2.75, 3.05) is 0 Å². The molecule has 1 aromatic heterocycles. The third-order valence-electron chi connectivity index (χ3n) is 2.99. The van der Waals surface area contributed by atoms with Gasteiger partial charge in [0.1, 0.15) is 0 Å². The quantitative estimate of drug-likeness (QED) is 0.543. The van der Waals surface area contributed by atoms with Gasteiger partial charge < -0.3 is 0 Å². The van der Waals surface area contributed by atoms with Crippen molar-refractivity contribution in [1.29, 1.82) is 0 Å². The highest BCUT2D eigenvalue weighted by atomic mass is 32.2. The van der Waals surface area contributed by atoms with Crippen LogP contribution in [0.15, 0.2) is 57.9 Å². The van der Waals surface area contributed by atoms with Gasteiger partial charge in [0.25, 0.3) is 0 Å². The fraction of sp³-hybridized carbons (Fsp3) is 0.0667. The molecule has 0 N–H and O–H groups in total. The average Bonchev–Trinajstić information content (AvgIpc) is 2.92. The minimum atomic E-state index is -3.50. The van der Waals surface area contributed by atoms with Crippen LogP contribution in [0.3, 0.4) is 0 Å². The molecule has 0 unspecified atom stereocenters. The van der Waals surface area contributed by atoms with Crippen molar-refractivity contribution in [1.82, 2.24) is 4.98 Å². The molecule has 7 heteroatoms. The molecule has 3 aromatic rings. The summed E-state index contributed by atoms with van der Waals surface area (Å²) in [5.74, 6) is -0.0903. The fourth-order valence-corrected chi connectivity index (χ4v) is 4.68. The first-order valence-electron chi connectivity index (χ1n) is 6.34. The van der Waals surface area contributed by atoms with E-state index >= 15 is 0 Å². The van der Waals surface area contributed by atoms with Gasteiger partial charge in [-0.2, -0.15) is 4.99 Å². The molecule has 0 aliphatic carbocycles. The van der Waals surface area contributed by atoms with E-state index in [4.69, 9.17) is 0 Å². The minimum Gasteiger partial charge on any atom is -0.225 e. The molecule has 0 atom stereocenters. The molecule has 0 bridgehead atoms. The number of aromatic nitrogens is 1. The lowest BCUT2D eigenvalue weighted by Gasteiger charge is -2.00. The molecule has 0 saturated heterocycles. The van der Waals surface area contributed by atoms with E-state index in [1.807, 2.05) is 6.07 Å². The zero-order valence-corrected chi connectivity index (χ0v) is 12.9. The van der Waals surface area contributed by atoms with Gasteiger partial charge in [-0.3, -0.25) is 0 Å². The van der Waals surface area contributed by atoms with Crippen LogP contribution in [0.4, 0.5) is 5.69 Å². The first kappa shape index (κ1) is 14.6. The molecular formula is C15H10N2O3S2. The summed E-state index contributed by atoms with van der Waals surface area (Å²) in [6, 6.07) is 13.8. The summed E-state index contributed by atoms with van der Waals surface area (Å²) in [5.41, 5.74) is 1.72. The maximum Gasteiger partial charge on any atom is 0.240 e. The topological polar surface area (TPSA) is 76.5 Å². The predicted molar refractivity (Wildman–Crippen MR) is 84.7 cm³/mol. The van der Waals surface area contributed by atoms with Crippen molar-refractivity contribution < 1.29 is 13.2 Å². The molecule has 5 nitrogen and oxygen atoms in total. The Morgan fingerprint density at radius 3 is 2.64 bits per heavy atom. The Labute approximate surface area is 130 Å². The number of rotatable bonds is 4. The van der Waals surface area contributed by atoms with Crippen LogP contribution in [0.25, 0.3) is 10.2 Å². The van der Waals surface area contributed by atoms with Crippen LogP contribution in [-0.4, -0.2) is 19.5 Å². The molecule has 0 radical (unpaired) electrons. The smallest absolute Gasteiger partial charge is 0.225 e. The lowest BCUT2D eigenvalue weighted by Crippen LogP contribution is -2.04. The zero-order chi connectivity index (χ0) is 15.6. The van der Waals surface area contributed by atoms with Gasteiger partial charge in [-0.15, -0.1) is 11.3 Å². The predicted octanol–water partition coefficient (Wildman–Crippen LogP) is 3.24. The highest BCUT2D eigenvalue weighted by Gasteiger charge is 2.20. The number of benzene rings is 2. The highest BCUT2D eigenvalue weighted by Crippen LogP contribution is 2.30. The molecule has 110 valence electrons. The van der Waals surface area contributed by atoms with Crippen molar-refractivity contribution in [3.63, 3.8) is 0 Å². The van der Waals surface area contributed by atoms with Gasteiger partial charge in [0.05, 0.1) is 21.7 Å². The largest absolute Gasteiger partial charge is 0.240 e. The Bertz CT molecular complexity index is 972. The van der Waals surface area contributed by atoms with Crippen LogP contribution in [-0.2, 0) is 20.4 Å². The molecule has 0 aliphatic rings. The van der Waals surface area contributed by atoms with E-state index in [1.165, 1.54) is 6.08 Å². The van der Waals surface area contributed by atoms with Gasteiger partial charge in [0, 0.05) is 0 Å². The zero-order valence-electron chi connectivity index (χ0n) is 11.3. The molecule has 0 saturated carbocycles. The summed E-state index contributed by atoms with van der Waals surface area (Å²) in [5, 5.41) is 0. The maximum absolute atomic E-state index is 12.4. The number of sulfone groups is 1. The van der Waals surface area contributed by atoms with Crippen molar-refractivity contribution in [3.8, 4) is 0 Å². The van der Waals surface area contributed by atoms with Crippen LogP contribution in [0, 0.1) is 0 Å². The van der Waals surface area contributed by atoms with Crippen LogP contribution >= 0.6 is 11.3 Å². The number of hydrogen-bond acceptors (Lipinski definition) is 6. The number of thiazole rings is 1. The Hall–Kier alpha value is -2.34. The van der Waals surface area contributed by atoms with Crippen LogP contribution in [0.1, 0.15) is 5.56 Å². The molecule has 0 fully saturated rings. The fourth-order valence-electron chi connectivity index (χ4n) is 2.00. The monoisotopic (exact) mass is 330 g/mol. The standard InChI is InChI=1S/C15H10N2O3S2/c18-10-16-12-6-7-13-14(8-12)21-15(17-13)22(19,20)9-11-4-2-1-3-5-11/h1-8H,9H2. The van der Waals surface area contributed by atoms with E-state index in [-0.39, 0.29) is 10.1 Å². The second-order valence-electron chi connectivity index (χ2n) is 4.58. The van der Waals surface area contributed by atoms with Crippen molar-refractivity contribution in [2.45, 2.75) is 10.1 Å². The molecule has 22 heavy (non-hydrogen) atoms. The maximum atomic E-state index is 12.4. The van der Waals surface area contributed by atoms with Gasteiger partial charge >= 0.3 is 0 Å². The SMILES string of the molecule is O=C=Nc1ccc2nc(S(=O)(=O)Cc3ccccc3)sc2c1. The third-order valence-corrected chi connectivity index (χ3v) is 6.15. The summed E-state index contributed by atoms with van der Waals surface area (Å²) in [4.78, 5) is 18.0. The number of carbonyl (C=O) groups excluding carboxylic acids is 1. The number of hydrogen-bond donors (Lipinski definition) is 0. The minimum absolute atomic E-state index is 0.0681. The van der Waals surface area contributed by atoms with Gasteiger partial charge in [-0.05, 0) is 23.8 Å². The lowest BCUT2D eigenvalue weighted by molar-refractivity contribution is 0.565. The van der Waals surface area contributed by atoms with Gasteiger partial charge in [-0.1, -0.05) is 30.3 Å². The van der Waals surface area contributed by atoms with Crippen LogP contribution in [0.2, 0.25) is 0 Å². The molecule has 1 heterocycles.